The van der Waals surface area contributed by atoms with Gasteiger partial charge in [0.25, 0.3) is 5.91 Å². The van der Waals surface area contributed by atoms with Crippen LogP contribution in [-0.4, -0.2) is 69.6 Å². The first-order valence-corrected chi connectivity index (χ1v) is 10.2. The zero-order valence-corrected chi connectivity index (χ0v) is 16.6. The number of fused-ring (bicyclic) bond motifs is 1. The Kier molecular flexibility index (Phi) is 6.52. The molecule has 150 valence electrons. The van der Waals surface area contributed by atoms with Crippen LogP contribution in [0.25, 0.3) is 0 Å². The van der Waals surface area contributed by atoms with Crippen LogP contribution < -0.4 is 0 Å². The van der Waals surface area contributed by atoms with Gasteiger partial charge in [-0.05, 0) is 38.5 Å². The maximum atomic E-state index is 12.8. The highest BCUT2D eigenvalue weighted by molar-refractivity contribution is 5.92. The summed E-state index contributed by atoms with van der Waals surface area (Å²) >= 11 is 0. The van der Waals surface area contributed by atoms with Gasteiger partial charge in [0.15, 0.2) is 0 Å². The molecule has 0 saturated heterocycles. The van der Waals surface area contributed by atoms with Crippen molar-refractivity contribution in [2.24, 2.45) is 5.92 Å². The predicted octanol–water partition coefficient (Wildman–Crippen LogP) is 1.69. The summed E-state index contributed by atoms with van der Waals surface area (Å²) in [4.78, 5) is 33.3. The number of aliphatic hydroxyl groups excluding tert-OH is 1. The molecule has 27 heavy (non-hydrogen) atoms. The fourth-order valence-corrected chi connectivity index (χ4v) is 4.11. The molecule has 0 unspecified atom stereocenters. The van der Waals surface area contributed by atoms with E-state index in [0.29, 0.717) is 31.6 Å². The van der Waals surface area contributed by atoms with Crippen LogP contribution >= 0.6 is 0 Å². The van der Waals surface area contributed by atoms with Crippen molar-refractivity contribution in [3.63, 3.8) is 0 Å². The molecule has 1 aromatic heterocycles. The summed E-state index contributed by atoms with van der Waals surface area (Å²) in [5.41, 5.74) is 0.657. The Morgan fingerprint density at radius 3 is 2.56 bits per heavy atom. The lowest BCUT2D eigenvalue weighted by Crippen LogP contribution is -2.41. The molecule has 2 amide bonds. The zero-order valence-electron chi connectivity index (χ0n) is 16.6. The van der Waals surface area contributed by atoms with Gasteiger partial charge in [0.1, 0.15) is 11.5 Å². The summed E-state index contributed by atoms with van der Waals surface area (Å²) in [7, 11) is 3.59. The van der Waals surface area contributed by atoms with Crippen molar-refractivity contribution in [2.45, 2.75) is 64.0 Å². The highest BCUT2D eigenvalue weighted by atomic mass is 16.3. The van der Waals surface area contributed by atoms with Crippen molar-refractivity contribution in [3.05, 3.63) is 17.7 Å². The van der Waals surface area contributed by atoms with Crippen LogP contribution in [-0.2, 0) is 17.8 Å². The number of aromatic nitrogens is 2. The lowest BCUT2D eigenvalue weighted by molar-refractivity contribution is -0.136. The van der Waals surface area contributed by atoms with Crippen LogP contribution in [0.1, 0.15) is 61.3 Å². The molecule has 7 nitrogen and oxygen atoms in total. The van der Waals surface area contributed by atoms with E-state index < -0.39 is 0 Å². The molecule has 0 bridgehead atoms. The predicted molar refractivity (Wildman–Crippen MR) is 102 cm³/mol. The average molecular weight is 377 g/mol. The van der Waals surface area contributed by atoms with Crippen LogP contribution in [0.3, 0.4) is 0 Å². The van der Waals surface area contributed by atoms with E-state index in [4.69, 9.17) is 0 Å². The Morgan fingerprint density at radius 2 is 1.81 bits per heavy atom. The van der Waals surface area contributed by atoms with E-state index in [-0.39, 0.29) is 23.8 Å². The normalized spacial score (nSPS) is 22.6. The van der Waals surface area contributed by atoms with Gasteiger partial charge in [-0.1, -0.05) is 6.42 Å². The van der Waals surface area contributed by atoms with E-state index in [1.165, 1.54) is 6.42 Å². The number of imidazole rings is 1. The summed E-state index contributed by atoms with van der Waals surface area (Å²) in [6.07, 6.45) is 8.68. The molecule has 1 N–H and O–H groups in total. The molecule has 1 fully saturated rings. The molecular weight excluding hydrogens is 344 g/mol. The smallest absolute Gasteiger partial charge is 0.271 e. The van der Waals surface area contributed by atoms with Gasteiger partial charge in [0.2, 0.25) is 5.91 Å². The van der Waals surface area contributed by atoms with Gasteiger partial charge in [-0.2, -0.15) is 0 Å². The second kappa shape index (κ2) is 8.87. The zero-order chi connectivity index (χ0) is 19.4. The minimum Gasteiger partial charge on any atom is -0.393 e. The summed E-state index contributed by atoms with van der Waals surface area (Å²) in [5, 5.41) is 9.60. The van der Waals surface area contributed by atoms with E-state index in [1.807, 2.05) is 0 Å². The first kappa shape index (κ1) is 19.9. The first-order valence-electron chi connectivity index (χ1n) is 10.2. The minimum atomic E-state index is -0.256. The molecule has 1 aliphatic heterocycles. The Morgan fingerprint density at radius 1 is 1.11 bits per heavy atom. The van der Waals surface area contributed by atoms with Crippen molar-refractivity contribution < 1.29 is 14.7 Å². The quantitative estimate of drug-likeness (QED) is 0.848. The van der Waals surface area contributed by atoms with Crippen molar-refractivity contribution in [1.82, 2.24) is 19.4 Å². The fourth-order valence-electron chi connectivity index (χ4n) is 4.11. The van der Waals surface area contributed by atoms with Crippen LogP contribution in [0.4, 0.5) is 0 Å². The van der Waals surface area contributed by atoms with Gasteiger partial charge in [-0.15, -0.1) is 0 Å². The third kappa shape index (κ3) is 4.69. The van der Waals surface area contributed by atoms with Gasteiger partial charge in [0.05, 0.1) is 12.3 Å². The van der Waals surface area contributed by atoms with Crippen LogP contribution in [0.5, 0.6) is 0 Å². The SMILES string of the molecule is CN(CCN(C)C(=O)C1CCC(O)CC1)C(=O)c1cnc2n1CCCCC2. The van der Waals surface area contributed by atoms with E-state index >= 15 is 0 Å². The molecule has 2 heterocycles. The second-order valence-corrected chi connectivity index (χ2v) is 8.01. The van der Waals surface area contributed by atoms with Gasteiger partial charge < -0.3 is 19.5 Å². The monoisotopic (exact) mass is 376 g/mol. The third-order valence-corrected chi connectivity index (χ3v) is 5.98. The van der Waals surface area contributed by atoms with Crippen molar-refractivity contribution >= 4 is 11.8 Å². The summed E-state index contributed by atoms with van der Waals surface area (Å²) < 4.78 is 2.06. The van der Waals surface area contributed by atoms with E-state index in [9.17, 15) is 14.7 Å². The maximum Gasteiger partial charge on any atom is 0.271 e. The maximum absolute atomic E-state index is 12.8. The number of hydrogen-bond donors (Lipinski definition) is 1. The highest BCUT2D eigenvalue weighted by Gasteiger charge is 2.28. The largest absolute Gasteiger partial charge is 0.393 e. The number of carbonyl (C=O) groups excluding carboxylic acids is 2. The second-order valence-electron chi connectivity index (χ2n) is 8.01. The number of aliphatic hydroxyl groups is 1. The van der Waals surface area contributed by atoms with Crippen LogP contribution in [0.2, 0.25) is 0 Å². The Bertz CT molecular complexity index is 664. The summed E-state index contributed by atoms with van der Waals surface area (Å²) in [6, 6.07) is 0. The Hall–Kier alpha value is -1.89. The number of amides is 2. The molecule has 0 radical (unpaired) electrons. The summed E-state index contributed by atoms with van der Waals surface area (Å²) in [6.45, 7) is 1.87. The minimum absolute atomic E-state index is 0.00464. The molecule has 2 aliphatic rings. The number of nitrogens with zero attached hydrogens (tertiary/aromatic N) is 4. The molecule has 0 atom stereocenters. The van der Waals surface area contributed by atoms with Crippen molar-refractivity contribution in [3.8, 4) is 0 Å². The third-order valence-electron chi connectivity index (χ3n) is 5.98. The Balaban J connectivity index is 1.53. The van der Waals surface area contributed by atoms with E-state index in [0.717, 1.165) is 44.5 Å². The molecule has 1 aromatic rings. The number of aryl methyl sites for hydroxylation is 1. The molecule has 0 aromatic carbocycles. The van der Waals surface area contributed by atoms with Crippen molar-refractivity contribution in [1.29, 1.82) is 0 Å². The molecule has 0 spiro atoms. The van der Waals surface area contributed by atoms with Gasteiger partial charge in [-0.25, -0.2) is 4.98 Å². The van der Waals surface area contributed by atoms with Gasteiger partial charge in [-0.3, -0.25) is 9.59 Å². The molecule has 1 saturated carbocycles. The first-order chi connectivity index (χ1) is 13.0. The van der Waals surface area contributed by atoms with E-state index in [2.05, 4.69) is 9.55 Å². The lowest BCUT2D eigenvalue weighted by atomic mass is 9.86. The number of rotatable bonds is 5. The van der Waals surface area contributed by atoms with Crippen LogP contribution in [0, 0.1) is 5.92 Å². The molecular formula is C20H32N4O3. The van der Waals surface area contributed by atoms with Crippen LogP contribution in [0.15, 0.2) is 6.20 Å². The fraction of sp³-hybridized carbons (Fsp3) is 0.750. The molecule has 7 heteroatoms. The topological polar surface area (TPSA) is 78.7 Å². The molecule has 3 rings (SSSR count). The van der Waals surface area contributed by atoms with Crippen molar-refractivity contribution in [2.75, 3.05) is 27.2 Å². The number of likely N-dealkylation sites (N-methyl/N-ethyl adjacent to an activating group) is 2. The summed E-state index contributed by atoms with van der Waals surface area (Å²) in [5.74, 6) is 1.11. The number of hydrogen-bond acceptors (Lipinski definition) is 4. The van der Waals surface area contributed by atoms with Gasteiger partial charge >= 0.3 is 0 Å². The standard InChI is InChI=1S/C20H32N4O3/c1-22(19(26)15-7-9-16(25)10-8-15)12-13-23(2)20(27)17-14-21-18-6-4-3-5-11-24(17)18/h14-16,25H,3-13H2,1-2H3. The number of carbonyl (C=O) groups is 2. The highest BCUT2D eigenvalue weighted by Crippen LogP contribution is 2.25. The molecule has 1 aliphatic carbocycles. The van der Waals surface area contributed by atoms with Gasteiger partial charge in [0, 0.05) is 46.1 Å². The van der Waals surface area contributed by atoms with E-state index in [1.54, 1.807) is 30.1 Å². The average Bonchev–Trinajstić information content (AvgIpc) is 2.93. The Labute approximate surface area is 161 Å². The lowest BCUT2D eigenvalue weighted by Gasteiger charge is -2.29.